The first-order chi connectivity index (χ1) is 9.21. The minimum absolute atomic E-state index is 0.272. The number of nitrogens with one attached hydrogen (secondary N) is 1. The van der Waals surface area contributed by atoms with Crippen LogP contribution in [0.25, 0.3) is 0 Å². The lowest BCUT2D eigenvalue weighted by atomic mass is 9.93. The van der Waals surface area contributed by atoms with Crippen molar-refractivity contribution in [2.24, 2.45) is 5.92 Å². The maximum Gasteiger partial charge on any atom is 0.326 e. The van der Waals surface area contributed by atoms with E-state index in [2.05, 4.69) is 5.32 Å². The van der Waals surface area contributed by atoms with Crippen LogP contribution >= 0.6 is 0 Å². The molecule has 0 radical (unpaired) electrons. The fourth-order valence-corrected chi connectivity index (χ4v) is 3.22. The normalized spacial score (nSPS) is 28.0. The van der Waals surface area contributed by atoms with E-state index >= 15 is 0 Å². The van der Waals surface area contributed by atoms with Crippen LogP contribution in [0.2, 0.25) is 0 Å². The lowest BCUT2D eigenvalue weighted by Gasteiger charge is -2.33. The van der Waals surface area contributed by atoms with Crippen molar-refractivity contribution < 1.29 is 14.6 Å². The Kier molecular flexibility index (Phi) is 3.81. The molecule has 3 aliphatic carbocycles. The van der Waals surface area contributed by atoms with Crippen LogP contribution in [0.3, 0.4) is 0 Å². The van der Waals surface area contributed by atoms with Gasteiger partial charge in [0.2, 0.25) is 0 Å². The highest BCUT2D eigenvalue weighted by Gasteiger charge is 2.53. The molecule has 3 aliphatic rings. The molecule has 3 rings (SSSR count). The molecule has 0 saturated heterocycles. The van der Waals surface area contributed by atoms with Gasteiger partial charge in [0.25, 0.3) is 0 Å². The third-order valence-electron chi connectivity index (χ3n) is 4.79. The number of carboxylic acid groups (broad SMARTS) is 1. The zero-order valence-electron chi connectivity index (χ0n) is 11.6. The fourth-order valence-electron chi connectivity index (χ4n) is 3.22. The molecule has 0 aromatic rings. The number of ether oxygens (including phenoxy) is 1. The Labute approximate surface area is 114 Å². The van der Waals surface area contributed by atoms with Gasteiger partial charge in [0, 0.05) is 6.04 Å². The summed E-state index contributed by atoms with van der Waals surface area (Å²) in [5.74, 6) is -0.438. The summed E-state index contributed by atoms with van der Waals surface area (Å²) >= 11 is 0. The standard InChI is InChI=1S/C15H25NO3/c17-14(18)15(11-6-7-11,16-12-8-9-12)10-19-13-4-2-1-3-5-13/h11-13,16H,1-10H2,(H,17,18). The maximum absolute atomic E-state index is 11.8. The summed E-state index contributed by atoms with van der Waals surface area (Å²) in [6.45, 7) is 0.355. The second-order valence-corrected chi connectivity index (χ2v) is 6.54. The van der Waals surface area contributed by atoms with Gasteiger partial charge in [0.15, 0.2) is 0 Å². The van der Waals surface area contributed by atoms with Gasteiger partial charge in [0.1, 0.15) is 5.54 Å². The predicted molar refractivity (Wildman–Crippen MR) is 72.1 cm³/mol. The second-order valence-electron chi connectivity index (χ2n) is 6.54. The molecular weight excluding hydrogens is 242 g/mol. The monoisotopic (exact) mass is 267 g/mol. The largest absolute Gasteiger partial charge is 0.480 e. The van der Waals surface area contributed by atoms with Gasteiger partial charge < -0.3 is 9.84 Å². The van der Waals surface area contributed by atoms with Crippen molar-refractivity contribution in [3.63, 3.8) is 0 Å². The van der Waals surface area contributed by atoms with Crippen LogP contribution in [-0.4, -0.2) is 35.4 Å². The quantitative estimate of drug-likeness (QED) is 0.743. The zero-order chi connectivity index (χ0) is 13.3. The molecular formula is C15H25NO3. The molecule has 1 atom stereocenters. The van der Waals surface area contributed by atoms with Gasteiger partial charge in [-0.3, -0.25) is 10.1 Å². The van der Waals surface area contributed by atoms with Crippen LogP contribution in [-0.2, 0) is 9.53 Å². The lowest BCUT2D eigenvalue weighted by Crippen LogP contribution is -2.58. The Bertz CT molecular complexity index is 332. The average molecular weight is 267 g/mol. The van der Waals surface area contributed by atoms with E-state index in [1.54, 1.807) is 0 Å². The van der Waals surface area contributed by atoms with Crippen molar-refractivity contribution in [1.82, 2.24) is 5.32 Å². The van der Waals surface area contributed by atoms with Crippen molar-refractivity contribution in [3.05, 3.63) is 0 Å². The van der Waals surface area contributed by atoms with Gasteiger partial charge in [0.05, 0.1) is 12.7 Å². The van der Waals surface area contributed by atoms with Gasteiger partial charge in [-0.05, 0) is 44.4 Å². The topological polar surface area (TPSA) is 58.6 Å². The maximum atomic E-state index is 11.8. The third kappa shape index (κ3) is 3.11. The SMILES string of the molecule is O=C(O)C(COC1CCCCC1)(NC1CC1)C1CC1. The van der Waals surface area contributed by atoms with Crippen molar-refractivity contribution in [2.75, 3.05) is 6.61 Å². The summed E-state index contributed by atoms with van der Waals surface area (Å²) in [5, 5.41) is 13.1. The highest BCUT2D eigenvalue weighted by atomic mass is 16.5. The van der Waals surface area contributed by atoms with E-state index < -0.39 is 11.5 Å². The molecule has 108 valence electrons. The highest BCUT2D eigenvalue weighted by Crippen LogP contribution is 2.42. The number of hydrogen-bond acceptors (Lipinski definition) is 3. The minimum atomic E-state index is -0.807. The summed E-state index contributed by atoms with van der Waals surface area (Å²) in [7, 11) is 0. The van der Waals surface area contributed by atoms with Crippen LogP contribution in [0, 0.1) is 5.92 Å². The molecule has 19 heavy (non-hydrogen) atoms. The Morgan fingerprint density at radius 2 is 1.79 bits per heavy atom. The predicted octanol–water partition coefficient (Wildman–Crippen LogP) is 2.32. The Morgan fingerprint density at radius 1 is 1.11 bits per heavy atom. The van der Waals surface area contributed by atoms with Gasteiger partial charge in [-0.15, -0.1) is 0 Å². The summed E-state index contributed by atoms with van der Waals surface area (Å²) in [4.78, 5) is 11.8. The van der Waals surface area contributed by atoms with Gasteiger partial charge in [-0.25, -0.2) is 0 Å². The Hall–Kier alpha value is -0.610. The third-order valence-corrected chi connectivity index (χ3v) is 4.79. The van der Waals surface area contributed by atoms with E-state index in [4.69, 9.17) is 4.74 Å². The summed E-state index contributed by atoms with van der Waals surface area (Å²) in [6, 6.07) is 0.409. The molecule has 0 aromatic heterocycles. The number of aliphatic carboxylic acids is 1. The summed E-state index contributed by atoms with van der Waals surface area (Å²) < 4.78 is 6.00. The molecule has 2 N–H and O–H groups in total. The Balaban J connectivity index is 1.61. The van der Waals surface area contributed by atoms with E-state index in [-0.39, 0.29) is 12.0 Å². The zero-order valence-corrected chi connectivity index (χ0v) is 11.6. The highest BCUT2D eigenvalue weighted by molar-refractivity contribution is 5.80. The molecule has 0 heterocycles. The molecule has 0 aliphatic heterocycles. The minimum Gasteiger partial charge on any atom is -0.480 e. The van der Waals surface area contributed by atoms with Crippen molar-refractivity contribution in [1.29, 1.82) is 0 Å². The van der Waals surface area contributed by atoms with Crippen LogP contribution in [0.1, 0.15) is 57.8 Å². The van der Waals surface area contributed by atoms with Gasteiger partial charge in [-0.1, -0.05) is 19.3 Å². The van der Waals surface area contributed by atoms with E-state index in [9.17, 15) is 9.90 Å². The fraction of sp³-hybridized carbons (Fsp3) is 0.933. The van der Waals surface area contributed by atoms with Crippen molar-refractivity contribution >= 4 is 5.97 Å². The molecule has 4 nitrogen and oxygen atoms in total. The number of rotatable bonds is 7. The van der Waals surface area contributed by atoms with Crippen LogP contribution in [0.4, 0.5) is 0 Å². The summed E-state index contributed by atoms with van der Waals surface area (Å²) in [6.07, 6.45) is 10.5. The molecule has 3 fully saturated rings. The molecule has 0 amide bonds. The summed E-state index contributed by atoms with van der Waals surface area (Å²) in [5.41, 5.74) is -0.807. The van der Waals surface area contributed by atoms with Crippen LogP contribution < -0.4 is 5.32 Å². The molecule has 4 heteroatoms. The van der Waals surface area contributed by atoms with Crippen molar-refractivity contribution in [3.8, 4) is 0 Å². The molecule has 0 bridgehead atoms. The van der Waals surface area contributed by atoms with E-state index in [0.29, 0.717) is 12.6 Å². The first-order valence-electron chi connectivity index (χ1n) is 7.83. The van der Waals surface area contributed by atoms with E-state index in [1.807, 2.05) is 0 Å². The molecule has 1 unspecified atom stereocenters. The number of carbonyl (C=O) groups is 1. The van der Waals surface area contributed by atoms with E-state index in [1.165, 1.54) is 19.3 Å². The number of hydrogen-bond donors (Lipinski definition) is 2. The van der Waals surface area contributed by atoms with Gasteiger partial charge in [-0.2, -0.15) is 0 Å². The molecule has 0 spiro atoms. The van der Waals surface area contributed by atoms with E-state index in [0.717, 1.165) is 38.5 Å². The number of carboxylic acids is 1. The Morgan fingerprint density at radius 3 is 2.32 bits per heavy atom. The smallest absolute Gasteiger partial charge is 0.326 e. The molecule has 0 aromatic carbocycles. The second kappa shape index (κ2) is 5.41. The van der Waals surface area contributed by atoms with Crippen LogP contribution in [0.5, 0.6) is 0 Å². The first-order valence-corrected chi connectivity index (χ1v) is 7.83. The molecule has 3 saturated carbocycles. The first kappa shape index (κ1) is 13.4. The van der Waals surface area contributed by atoms with Crippen LogP contribution in [0.15, 0.2) is 0 Å². The average Bonchev–Trinajstić information content (AvgIpc) is 3.28. The van der Waals surface area contributed by atoms with Crippen molar-refractivity contribution in [2.45, 2.75) is 75.5 Å². The van der Waals surface area contributed by atoms with Gasteiger partial charge >= 0.3 is 5.97 Å². The lowest BCUT2D eigenvalue weighted by molar-refractivity contribution is -0.151.